The topological polar surface area (TPSA) is 0 Å². The predicted octanol–water partition coefficient (Wildman–Crippen LogP) is 3.53. The number of thioether (sulfide) groups is 1. The second-order valence-corrected chi connectivity index (χ2v) is 3.67. The highest BCUT2D eigenvalue weighted by Gasteiger charge is 1.90. The molecular formula is C11H15S. The van der Waals surface area contributed by atoms with Crippen molar-refractivity contribution in [3.05, 3.63) is 42.2 Å². The van der Waals surface area contributed by atoms with E-state index < -0.39 is 0 Å². The summed E-state index contributed by atoms with van der Waals surface area (Å²) in [7, 11) is 0. The van der Waals surface area contributed by atoms with Crippen LogP contribution < -0.4 is 0 Å². The Morgan fingerprint density at radius 2 is 1.83 bits per heavy atom. The molecule has 65 valence electrons. The molecule has 0 aliphatic heterocycles. The lowest BCUT2D eigenvalue weighted by Gasteiger charge is -1.99. The van der Waals surface area contributed by atoms with E-state index in [1.165, 1.54) is 30.6 Å². The largest absolute Gasteiger partial charge is 0.161 e. The summed E-state index contributed by atoms with van der Waals surface area (Å²) in [5.41, 5.74) is 1.45. The second-order valence-electron chi connectivity index (χ2n) is 2.85. The smallest absolute Gasteiger partial charge is 0.00235 e. The van der Waals surface area contributed by atoms with Crippen LogP contribution in [0.3, 0.4) is 0 Å². The number of hydrogen-bond donors (Lipinski definition) is 0. The number of hydrogen-bond acceptors (Lipinski definition) is 1. The fourth-order valence-electron chi connectivity index (χ4n) is 1.18. The van der Waals surface area contributed by atoms with Crippen molar-refractivity contribution in [3.63, 3.8) is 0 Å². The zero-order valence-electron chi connectivity index (χ0n) is 7.33. The van der Waals surface area contributed by atoms with Gasteiger partial charge in [-0.3, -0.25) is 0 Å². The molecule has 0 bridgehead atoms. The van der Waals surface area contributed by atoms with Gasteiger partial charge in [-0.25, -0.2) is 0 Å². The monoisotopic (exact) mass is 179 g/mol. The molecular weight excluding hydrogens is 164 g/mol. The van der Waals surface area contributed by atoms with E-state index in [-0.39, 0.29) is 0 Å². The van der Waals surface area contributed by atoms with Crippen LogP contribution in [0.15, 0.2) is 30.3 Å². The highest BCUT2D eigenvalue weighted by atomic mass is 32.2. The average molecular weight is 179 g/mol. The summed E-state index contributed by atoms with van der Waals surface area (Å²) in [6, 6.07) is 10.7. The Morgan fingerprint density at radius 1 is 1.08 bits per heavy atom. The predicted molar refractivity (Wildman–Crippen MR) is 57.2 cm³/mol. The van der Waals surface area contributed by atoms with Gasteiger partial charge < -0.3 is 0 Å². The minimum Gasteiger partial charge on any atom is -0.161 e. The first-order chi connectivity index (χ1) is 5.93. The summed E-state index contributed by atoms with van der Waals surface area (Å²) in [5.74, 6) is 1.19. The van der Waals surface area contributed by atoms with Crippen LogP contribution in [-0.2, 0) is 6.42 Å². The van der Waals surface area contributed by atoms with E-state index in [1.807, 2.05) is 0 Å². The third-order valence-electron chi connectivity index (χ3n) is 1.85. The molecule has 0 spiro atoms. The standard InChI is InChI=1S/C11H15S/c1-12-10-6-5-9-11-7-3-2-4-8-11/h2-4,7-8H,1,5-6,9-10H2. The van der Waals surface area contributed by atoms with Crippen molar-refractivity contribution < 1.29 is 0 Å². The van der Waals surface area contributed by atoms with Gasteiger partial charge >= 0.3 is 0 Å². The van der Waals surface area contributed by atoms with Crippen molar-refractivity contribution >= 4 is 11.8 Å². The van der Waals surface area contributed by atoms with Gasteiger partial charge in [0.25, 0.3) is 0 Å². The molecule has 1 aromatic carbocycles. The SMILES string of the molecule is [CH2]SCCCCc1ccccc1. The molecule has 0 unspecified atom stereocenters. The molecule has 1 radical (unpaired) electrons. The highest BCUT2D eigenvalue weighted by molar-refractivity contribution is 8.00. The minimum atomic E-state index is 1.19. The number of unbranched alkanes of at least 4 members (excludes halogenated alkanes) is 1. The molecule has 0 atom stereocenters. The lowest BCUT2D eigenvalue weighted by atomic mass is 10.1. The molecule has 0 amide bonds. The fourth-order valence-corrected chi connectivity index (χ4v) is 1.59. The van der Waals surface area contributed by atoms with Gasteiger partial charge in [-0.15, -0.1) is 0 Å². The summed E-state index contributed by atoms with van der Waals surface area (Å²) in [5, 5.41) is 0. The van der Waals surface area contributed by atoms with Crippen molar-refractivity contribution in [1.82, 2.24) is 0 Å². The van der Waals surface area contributed by atoms with Crippen LogP contribution in [0, 0.1) is 6.26 Å². The first-order valence-electron chi connectivity index (χ1n) is 4.34. The van der Waals surface area contributed by atoms with E-state index in [4.69, 9.17) is 0 Å². The second kappa shape index (κ2) is 6.13. The number of rotatable bonds is 5. The molecule has 0 fully saturated rings. The third-order valence-corrected chi connectivity index (χ3v) is 2.42. The Morgan fingerprint density at radius 3 is 2.50 bits per heavy atom. The number of benzene rings is 1. The van der Waals surface area contributed by atoms with E-state index in [0.717, 1.165) is 0 Å². The van der Waals surface area contributed by atoms with Gasteiger partial charge in [-0.2, -0.15) is 11.8 Å². The molecule has 0 aliphatic rings. The molecule has 0 aliphatic carbocycles. The van der Waals surface area contributed by atoms with Crippen LogP contribution in [0.25, 0.3) is 0 Å². The van der Waals surface area contributed by atoms with Crippen LogP contribution in [0.2, 0.25) is 0 Å². The van der Waals surface area contributed by atoms with Gasteiger partial charge in [0.1, 0.15) is 0 Å². The third kappa shape index (κ3) is 3.82. The molecule has 1 rings (SSSR count). The molecule has 1 heteroatoms. The van der Waals surface area contributed by atoms with Gasteiger partial charge in [0, 0.05) is 6.26 Å². The maximum absolute atomic E-state index is 3.75. The van der Waals surface area contributed by atoms with E-state index in [2.05, 4.69) is 36.6 Å². The minimum absolute atomic E-state index is 1.19. The molecule has 0 nitrogen and oxygen atoms in total. The molecule has 0 aromatic heterocycles. The van der Waals surface area contributed by atoms with Crippen LogP contribution >= 0.6 is 11.8 Å². The van der Waals surface area contributed by atoms with E-state index >= 15 is 0 Å². The first kappa shape index (κ1) is 9.66. The van der Waals surface area contributed by atoms with Crippen molar-refractivity contribution in [2.24, 2.45) is 0 Å². The van der Waals surface area contributed by atoms with Gasteiger partial charge in [-0.1, -0.05) is 30.3 Å². The summed E-state index contributed by atoms with van der Waals surface area (Å²) < 4.78 is 0. The molecule has 0 saturated heterocycles. The van der Waals surface area contributed by atoms with Gasteiger partial charge in [0.2, 0.25) is 0 Å². The fraction of sp³-hybridized carbons (Fsp3) is 0.364. The van der Waals surface area contributed by atoms with Crippen molar-refractivity contribution in [2.75, 3.05) is 5.75 Å². The van der Waals surface area contributed by atoms with Crippen molar-refractivity contribution in [1.29, 1.82) is 0 Å². The maximum Gasteiger partial charge on any atom is 0.00235 e. The summed E-state index contributed by atoms with van der Waals surface area (Å²) in [6.45, 7) is 0. The molecule has 0 heterocycles. The Bertz CT molecular complexity index is 193. The average Bonchev–Trinajstić information content (AvgIpc) is 2.14. The van der Waals surface area contributed by atoms with Crippen LogP contribution in [0.1, 0.15) is 18.4 Å². The maximum atomic E-state index is 3.75. The summed E-state index contributed by atoms with van der Waals surface area (Å²) in [6.07, 6.45) is 7.52. The summed E-state index contributed by atoms with van der Waals surface area (Å²) in [4.78, 5) is 0. The van der Waals surface area contributed by atoms with Gasteiger partial charge in [0.15, 0.2) is 0 Å². The van der Waals surface area contributed by atoms with Crippen molar-refractivity contribution in [3.8, 4) is 0 Å². The lowest BCUT2D eigenvalue weighted by molar-refractivity contribution is 0.803. The van der Waals surface area contributed by atoms with Crippen LogP contribution in [-0.4, -0.2) is 5.75 Å². The normalized spacial score (nSPS) is 10.1. The Labute approximate surface area is 79.4 Å². The molecule has 1 aromatic rings. The van der Waals surface area contributed by atoms with Gasteiger partial charge in [-0.05, 0) is 30.6 Å². The zero-order valence-corrected chi connectivity index (χ0v) is 8.15. The van der Waals surface area contributed by atoms with Crippen LogP contribution in [0.4, 0.5) is 0 Å². The van der Waals surface area contributed by atoms with Gasteiger partial charge in [0.05, 0.1) is 0 Å². The number of aryl methyl sites for hydroxylation is 1. The first-order valence-corrected chi connectivity index (χ1v) is 5.50. The highest BCUT2D eigenvalue weighted by Crippen LogP contribution is 2.07. The Balaban J connectivity index is 2.16. The zero-order chi connectivity index (χ0) is 8.65. The van der Waals surface area contributed by atoms with E-state index in [9.17, 15) is 0 Å². The Hall–Kier alpha value is -0.430. The van der Waals surface area contributed by atoms with E-state index in [0.29, 0.717) is 0 Å². The molecule has 0 N–H and O–H groups in total. The molecule has 0 saturated carbocycles. The summed E-state index contributed by atoms with van der Waals surface area (Å²) >= 11 is 1.69. The lowest BCUT2D eigenvalue weighted by Crippen LogP contribution is -1.85. The van der Waals surface area contributed by atoms with Crippen molar-refractivity contribution in [2.45, 2.75) is 19.3 Å². The van der Waals surface area contributed by atoms with E-state index in [1.54, 1.807) is 11.8 Å². The molecule has 12 heavy (non-hydrogen) atoms. The Kier molecular flexibility index (Phi) is 4.93. The van der Waals surface area contributed by atoms with Crippen LogP contribution in [0.5, 0.6) is 0 Å². The quantitative estimate of drug-likeness (QED) is 0.623.